The minimum absolute atomic E-state index is 0. The summed E-state index contributed by atoms with van der Waals surface area (Å²) in [5.74, 6) is 3.25. The Bertz CT molecular complexity index is 722. The van der Waals surface area contributed by atoms with Gasteiger partial charge in [-0.25, -0.2) is 0 Å². The Morgan fingerprint density at radius 1 is 1.19 bits per heavy atom. The van der Waals surface area contributed by atoms with E-state index in [1.54, 1.807) is 0 Å². The first kappa shape index (κ1) is 28.0. The van der Waals surface area contributed by atoms with Crippen LogP contribution in [0.1, 0.15) is 122 Å². The second-order valence-corrected chi connectivity index (χ2v) is 11.4. The molecule has 3 unspecified atom stereocenters. The van der Waals surface area contributed by atoms with Gasteiger partial charge < -0.3 is 9.53 Å². The average Bonchev–Trinajstić information content (AvgIpc) is 2.71. The van der Waals surface area contributed by atoms with Crippen LogP contribution in [0.3, 0.4) is 0 Å². The number of aryl methyl sites for hydroxylation is 1. The molecular weight excluding hydrogens is 618 g/mol. The summed E-state index contributed by atoms with van der Waals surface area (Å²) in [5.41, 5.74) is 3.23. The number of rotatable bonds is 7. The third-order valence-electron chi connectivity index (χ3n) is 8.20. The SMILES string of the molecule is CC1(CC[C-]=O)CCC1.CCCCCc1c[c-]c2c(c1)OC(C)(C)C1CCC(C)CC21.[U+2]. The van der Waals surface area contributed by atoms with E-state index in [9.17, 15) is 4.79 Å². The molecule has 1 heterocycles. The summed E-state index contributed by atoms with van der Waals surface area (Å²) in [6.45, 7) is 11.5. The minimum Gasteiger partial charge on any atom is -0.546 e. The maximum absolute atomic E-state index is 9.87. The van der Waals surface area contributed by atoms with Crippen LogP contribution in [0.2, 0.25) is 0 Å². The number of hydrogen-bond donors (Lipinski definition) is 0. The standard InChI is InChI=1S/C21H31O.C8H13O.U/c1-5-6-7-8-16-10-11-17-18-13-15(2)9-12-19(18)21(3,4)22-20(17)14-16;1-8(4-2-5-8)6-3-7-9;/h10,14-15,18-19H,5-9,12-13H2,1-4H3;2-6H2,1H3;/q2*-1;+2. The molecule has 0 amide bonds. The Labute approximate surface area is 221 Å². The van der Waals surface area contributed by atoms with E-state index < -0.39 is 0 Å². The van der Waals surface area contributed by atoms with Crippen LogP contribution in [0, 0.1) is 54.4 Å². The Kier molecular flexibility index (Phi) is 10.9. The number of benzene rings is 1. The van der Waals surface area contributed by atoms with Gasteiger partial charge in [0.15, 0.2) is 0 Å². The molecule has 3 heteroatoms. The summed E-state index contributed by atoms with van der Waals surface area (Å²) in [6.07, 6.45) is 16.6. The zero-order chi connectivity index (χ0) is 22.5. The summed E-state index contributed by atoms with van der Waals surface area (Å²) in [4.78, 5) is 9.87. The van der Waals surface area contributed by atoms with Gasteiger partial charge in [-0.2, -0.15) is 24.1 Å². The molecule has 2 saturated carbocycles. The summed E-state index contributed by atoms with van der Waals surface area (Å²) >= 11 is 0. The molecule has 4 rings (SSSR count). The van der Waals surface area contributed by atoms with Crippen molar-refractivity contribution in [2.24, 2.45) is 17.3 Å². The van der Waals surface area contributed by atoms with Crippen LogP contribution in [-0.2, 0) is 11.2 Å². The molecule has 3 aliphatic rings. The van der Waals surface area contributed by atoms with Crippen molar-refractivity contribution in [1.29, 1.82) is 0 Å². The molecule has 176 valence electrons. The Morgan fingerprint density at radius 3 is 2.56 bits per heavy atom. The molecule has 1 aliphatic heterocycles. The van der Waals surface area contributed by atoms with Crippen LogP contribution in [0.25, 0.3) is 0 Å². The first-order chi connectivity index (χ1) is 14.8. The molecule has 1 aromatic carbocycles. The van der Waals surface area contributed by atoms with Crippen molar-refractivity contribution >= 4 is 6.29 Å². The van der Waals surface area contributed by atoms with Crippen LogP contribution in [0.5, 0.6) is 5.75 Å². The second-order valence-electron chi connectivity index (χ2n) is 11.4. The minimum atomic E-state index is -0.0340. The van der Waals surface area contributed by atoms with E-state index in [-0.39, 0.29) is 36.7 Å². The van der Waals surface area contributed by atoms with E-state index in [0.717, 1.165) is 24.5 Å². The predicted molar refractivity (Wildman–Crippen MR) is 129 cm³/mol. The van der Waals surface area contributed by atoms with Crippen molar-refractivity contribution < 1.29 is 40.6 Å². The molecule has 2 fully saturated rings. The van der Waals surface area contributed by atoms with Gasteiger partial charge >= 0.3 is 31.1 Å². The summed E-state index contributed by atoms with van der Waals surface area (Å²) < 4.78 is 6.44. The fourth-order valence-electron chi connectivity index (χ4n) is 5.90. The largest absolute Gasteiger partial charge is 2.00 e. The van der Waals surface area contributed by atoms with Gasteiger partial charge in [-0.05, 0) is 56.8 Å². The molecule has 0 N–H and O–H groups in total. The van der Waals surface area contributed by atoms with Crippen molar-refractivity contribution in [1.82, 2.24) is 0 Å². The summed E-state index contributed by atoms with van der Waals surface area (Å²) in [5, 5.41) is 0. The molecule has 0 bridgehead atoms. The first-order valence-corrected chi connectivity index (χ1v) is 12.9. The number of unbranched alkanes of at least 4 members (excludes halogenated alkanes) is 2. The summed E-state index contributed by atoms with van der Waals surface area (Å²) in [6, 6.07) is 8.15. The Hall–Kier alpha value is -0.258. The Balaban J connectivity index is 0.000000307. The van der Waals surface area contributed by atoms with Crippen molar-refractivity contribution in [2.45, 2.75) is 123 Å². The van der Waals surface area contributed by atoms with Crippen molar-refractivity contribution in [3.05, 3.63) is 29.3 Å². The topological polar surface area (TPSA) is 26.3 Å². The summed E-state index contributed by atoms with van der Waals surface area (Å²) in [7, 11) is 0. The van der Waals surface area contributed by atoms with Crippen LogP contribution >= 0.6 is 0 Å². The maximum atomic E-state index is 9.87. The van der Waals surface area contributed by atoms with Crippen LogP contribution < -0.4 is 4.74 Å². The Morgan fingerprint density at radius 2 is 1.94 bits per heavy atom. The van der Waals surface area contributed by atoms with Gasteiger partial charge in [0, 0.05) is 11.7 Å². The van der Waals surface area contributed by atoms with Gasteiger partial charge in [0.2, 0.25) is 0 Å². The molecule has 3 atom stereocenters. The fraction of sp³-hybridized carbons (Fsp3) is 0.759. The van der Waals surface area contributed by atoms with Gasteiger partial charge in [0.1, 0.15) is 0 Å². The van der Waals surface area contributed by atoms with Crippen LogP contribution in [0.4, 0.5) is 0 Å². The predicted octanol–water partition coefficient (Wildman–Crippen LogP) is 7.98. The first-order valence-electron chi connectivity index (χ1n) is 12.9. The van der Waals surface area contributed by atoms with Gasteiger partial charge in [0.25, 0.3) is 0 Å². The number of fused-ring (bicyclic) bond motifs is 3. The molecule has 0 spiro atoms. The van der Waals surface area contributed by atoms with E-state index in [1.165, 1.54) is 68.9 Å². The molecule has 0 saturated heterocycles. The third kappa shape index (κ3) is 7.12. The van der Waals surface area contributed by atoms with Crippen LogP contribution in [-0.4, -0.2) is 11.9 Å². The average molecular weight is 663 g/mol. The van der Waals surface area contributed by atoms with Crippen molar-refractivity contribution in [2.75, 3.05) is 0 Å². The zero-order valence-corrected chi connectivity index (χ0v) is 25.4. The molecule has 2 nitrogen and oxygen atoms in total. The quantitative estimate of drug-likeness (QED) is 0.219. The molecule has 2 aliphatic carbocycles. The number of hydrogen-bond acceptors (Lipinski definition) is 2. The molecule has 0 radical (unpaired) electrons. The van der Waals surface area contributed by atoms with E-state index >= 15 is 0 Å². The van der Waals surface area contributed by atoms with E-state index in [0.29, 0.717) is 23.7 Å². The van der Waals surface area contributed by atoms with E-state index in [1.807, 2.05) is 6.29 Å². The molecule has 32 heavy (non-hydrogen) atoms. The van der Waals surface area contributed by atoms with E-state index in [2.05, 4.69) is 52.8 Å². The monoisotopic (exact) mass is 662 g/mol. The van der Waals surface area contributed by atoms with Gasteiger partial charge in [0.05, 0.1) is 5.60 Å². The van der Waals surface area contributed by atoms with Crippen molar-refractivity contribution in [3.63, 3.8) is 0 Å². The van der Waals surface area contributed by atoms with Gasteiger partial charge in [-0.15, -0.1) is 11.6 Å². The van der Waals surface area contributed by atoms with Crippen molar-refractivity contribution in [3.8, 4) is 5.75 Å². The smallest absolute Gasteiger partial charge is 0.546 e. The van der Waals surface area contributed by atoms with Crippen LogP contribution in [0.15, 0.2) is 12.1 Å². The third-order valence-corrected chi connectivity index (χ3v) is 8.20. The molecule has 1 aromatic rings. The molecule has 0 aromatic heterocycles. The van der Waals surface area contributed by atoms with Gasteiger partial charge in [-0.3, -0.25) is 6.29 Å². The maximum Gasteiger partial charge on any atom is 2.00 e. The molecular formula is C29H44O2U. The normalized spacial score (nSPS) is 26.6. The zero-order valence-electron chi connectivity index (χ0n) is 21.2. The fourth-order valence-corrected chi connectivity index (χ4v) is 5.90. The number of carbonyl (C=O) groups excluding carboxylic acids is 1. The second kappa shape index (κ2) is 12.4. The number of ether oxygens (including phenoxy) is 1. The van der Waals surface area contributed by atoms with Gasteiger partial charge in [-0.1, -0.05) is 65.7 Å². The van der Waals surface area contributed by atoms with E-state index in [4.69, 9.17) is 4.74 Å².